The second-order valence-corrected chi connectivity index (χ2v) is 4.87. The predicted octanol–water partition coefficient (Wildman–Crippen LogP) is 3.94. The van der Waals surface area contributed by atoms with E-state index in [9.17, 15) is 9.59 Å². The van der Waals surface area contributed by atoms with Crippen molar-refractivity contribution in [3.05, 3.63) is 63.6 Å². The fraction of sp³-hybridized carbons (Fsp3) is 0. The van der Waals surface area contributed by atoms with Crippen LogP contribution >= 0.6 is 23.2 Å². The van der Waals surface area contributed by atoms with Crippen molar-refractivity contribution in [2.45, 2.75) is 0 Å². The van der Waals surface area contributed by atoms with Crippen molar-refractivity contribution in [3.8, 4) is 0 Å². The zero-order chi connectivity index (χ0) is 14.7. The lowest BCUT2D eigenvalue weighted by Gasteiger charge is -2.06. The number of carboxylic acid groups (broad SMARTS) is 1. The van der Waals surface area contributed by atoms with Gasteiger partial charge in [-0.25, -0.2) is 4.79 Å². The van der Waals surface area contributed by atoms with Crippen LogP contribution in [0.15, 0.2) is 42.5 Å². The molecule has 2 aromatic rings. The molecule has 0 spiro atoms. The summed E-state index contributed by atoms with van der Waals surface area (Å²) in [6, 6.07) is 10.3. The molecular weight excluding hydrogens is 301 g/mol. The first-order valence-corrected chi connectivity index (χ1v) is 6.32. The number of amides is 1. The van der Waals surface area contributed by atoms with Gasteiger partial charge in [0.25, 0.3) is 5.91 Å². The van der Waals surface area contributed by atoms with E-state index >= 15 is 0 Å². The molecule has 4 nitrogen and oxygen atoms in total. The maximum Gasteiger partial charge on any atom is 0.335 e. The summed E-state index contributed by atoms with van der Waals surface area (Å²) in [6.45, 7) is 0. The third-order valence-corrected chi connectivity index (χ3v) is 2.95. The molecule has 0 aromatic heterocycles. The largest absolute Gasteiger partial charge is 0.478 e. The molecule has 0 aliphatic heterocycles. The van der Waals surface area contributed by atoms with Crippen molar-refractivity contribution >= 4 is 40.8 Å². The molecule has 0 aliphatic carbocycles. The summed E-state index contributed by atoms with van der Waals surface area (Å²) in [7, 11) is 0. The van der Waals surface area contributed by atoms with E-state index in [1.165, 1.54) is 24.3 Å². The number of carbonyl (C=O) groups excluding carboxylic acids is 1. The minimum atomic E-state index is -1.04. The van der Waals surface area contributed by atoms with E-state index < -0.39 is 5.97 Å². The SMILES string of the molecule is O=C(O)c1ccc(C(=O)Nc2cc(Cl)cc(Cl)c2)cc1. The molecule has 102 valence electrons. The minimum absolute atomic E-state index is 0.118. The summed E-state index contributed by atoms with van der Waals surface area (Å²) in [4.78, 5) is 22.7. The van der Waals surface area contributed by atoms with E-state index in [2.05, 4.69) is 5.32 Å². The maximum atomic E-state index is 12.0. The molecule has 0 atom stereocenters. The molecule has 0 radical (unpaired) electrons. The molecule has 2 N–H and O–H groups in total. The van der Waals surface area contributed by atoms with Crippen molar-refractivity contribution in [1.82, 2.24) is 0 Å². The molecule has 0 fully saturated rings. The summed E-state index contributed by atoms with van der Waals surface area (Å²) in [5, 5.41) is 12.2. The number of halogens is 2. The van der Waals surface area contributed by atoms with Crippen LogP contribution < -0.4 is 5.32 Å². The lowest BCUT2D eigenvalue weighted by Crippen LogP contribution is -2.12. The van der Waals surface area contributed by atoms with Crippen LogP contribution in [0.25, 0.3) is 0 Å². The average Bonchev–Trinajstić information content (AvgIpc) is 2.37. The Bertz CT molecular complexity index is 648. The Morgan fingerprint density at radius 2 is 1.40 bits per heavy atom. The first-order chi connectivity index (χ1) is 9.45. The fourth-order valence-corrected chi connectivity index (χ4v) is 2.12. The van der Waals surface area contributed by atoms with Crippen LogP contribution in [-0.2, 0) is 0 Å². The van der Waals surface area contributed by atoms with Crippen molar-refractivity contribution < 1.29 is 14.7 Å². The van der Waals surface area contributed by atoms with E-state index in [0.717, 1.165) is 0 Å². The Kier molecular flexibility index (Phi) is 4.27. The Labute approximate surface area is 124 Å². The first-order valence-electron chi connectivity index (χ1n) is 5.56. The topological polar surface area (TPSA) is 66.4 Å². The van der Waals surface area contributed by atoms with Gasteiger partial charge in [0.05, 0.1) is 5.56 Å². The number of rotatable bonds is 3. The number of hydrogen-bond donors (Lipinski definition) is 2. The number of carbonyl (C=O) groups is 2. The van der Waals surface area contributed by atoms with Gasteiger partial charge < -0.3 is 10.4 Å². The van der Waals surface area contributed by atoms with Gasteiger partial charge in [-0.2, -0.15) is 0 Å². The number of anilines is 1. The van der Waals surface area contributed by atoms with Crippen molar-refractivity contribution in [2.24, 2.45) is 0 Å². The van der Waals surface area contributed by atoms with Gasteiger partial charge >= 0.3 is 5.97 Å². The summed E-state index contributed by atoms with van der Waals surface area (Å²) in [6.07, 6.45) is 0. The van der Waals surface area contributed by atoms with Gasteiger partial charge in [0.1, 0.15) is 0 Å². The maximum absolute atomic E-state index is 12.0. The molecule has 0 heterocycles. The first kappa shape index (κ1) is 14.4. The van der Waals surface area contributed by atoms with Gasteiger partial charge in [-0.3, -0.25) is 4.79 Å². The van der Waals surface area contributed by atoms with Crippen LogP contribution in [-0.4, -0.2) is 17.0 Å². The lowest BCUT2D eigenvalue weighted by atomic mass is 10.1. The van der Waals surface area contributed by atoms with Crippen molar-refractivity contribution in [2.75, 3.05) is 5.32 Å². The summed E-state index contributed by atoms with van der Waals surface area (Å²) < 4.78 is 0. The van der Waals surface area contributed by atoms with Crippen molar-refractivity contribution in [1.29, 1.82) is 0 Å². The fourth-order valence-electron chi connectivity index (χ4n) is 1.59. The zero-order valence-electron chi connectivity index (χ0n) is 10.1. The van der Waals surface area contributed by atoms with E-state index in [1.807, 2.05) is 0 Å². The quantitative estimate of drug-likeness (QED) is 0.902. The highest BCUT2D eigenvalue weighted by atomic mass is 35.5. The monoisotopic (exact) mass is 309 g/mol. The second-order valence-electron chi connectivity index (χ2n) is 3.99. The van der Waals surface area contributed by atoms with Gasteiger partial charge in [0.15, 0.2) is 0 Å². The Morgan fingerprint density at radius 3 is 1.90 bits per heavy atom. The third-order valence-electron chi connectivity index (χ3n) is 2.51. The number of hydrogen-bond acceptors (Lipinski definition) is 2. The Hall–Kier alpha value is -2.04. The van der Waals surface area contributed by atoms with Crippen LogP contribution in [0.4, 0.5) is 5.69 Å². The highest BCUT2D eigenvalue weighted by molar-refractivity contribution is 6.35. The van der Waals surface area contributed by atoms with Crippen LogP contribution in [0.2, 0.25) is 10.0 Å². The molecule has 0 aliphatic rings. The minimum Gasteiger partial charge on any atom is -0.478 e. The van der Waals surface area contributed by atoms with E-state index in [-0.39, 0.29) is 11.5 Å². The molecule has 2 aromatic carbocycles. The molecule has 0 bridgehead atoms. The summed E-state index contributed by atoms with van der Waals surface area (Å²) >= 11 is 11.7. The molecule has 0 saturated carbocycles. The average molecular weight is 310 g/mol. The van der Waals surface area contributed by atoms with Crippen molar-refractivity contribution in [3.63, 3.8) is 0 Å². The van der Waals surface area contributed by atoms with Crippen LogP contribution in [0.3, 0.4) is 0 Å². The Balaban J connectivity index is 2.17. The van der Waals surface area contributed by atoms with Gasteiger partial charge in [0, 0.05) is 21.3 Å². The molecule has 20 heavy (non-hydrogen) atoms. The van der Waals surface area contributed by atoms with Gasteiger partial charge in [-0.1, -0.05) is 23.2 Å². The van der Waals surface area contributed by atoms with Gasteiger partial charge in [-0.15, -0.1) is 0 Å². The smallest absolute Gasteiger partial charge is 0.335 e. The summed E-state index contributed by atoms with van der Waals surface area (Å²) in [5.41, 5.74) is 0.924. The normalized spacial score (nSPS) is 10.1. The standard InChI is InChI=1S/C14H9Cl2NO3/c15-10-5-11(16)7-12(6-10)17-13(18)8-1-3-9(4-2-8)14(19)20/h1-7H,(H,17,18)(H,19,20). The number of carboxylic acids is 1. The van der Waals surface area contributed by atoms with E-state index in [1.54, 1.807) is 18.2 Å². The third kappa shape index (κ3) is 3.50. The molecule has 1 amide bonds. The zero-order valence-corrected chi connectivity index (χ0v) is 11.6. The van der Waals surface area contributed by atoms with Crippen LogP contribution in [0.1, 0.15) is 20.7 Å². The predicted molar refractivity (Wildman–Crippen MR) is 77.8 cm³/mol. The highest BCUT2D eigenvalue weighted by Gasteiger charge is 2.09. The van der Waals surface area contributed by atoms with Crippen LogP contribution in [0.5, 0.6) is 0 Å². The molecule has 0 unspecified atom stereocenters. The van der Waals surface area contributed by atoms with Gasteiger partial charge in [0.2, 0.25) is 0 Å². The van der Waals surface area contributed by atoms with E-state index in [0.29, 0.717) is 21.3 Å². The highest BCUT2D eigenvalue weighted by Crippen LogP contribution is 2.22. The Morgan fingerprint density at radius 1 is 0.900 bits per heavy atom. The molecule has 0 saturated heterocycles. The van der Waals surface area contributed by atoms with E-state index in [4.69, 9.17) is 28.3 Å². The number of benzene rings is 2. The van der Waals surface area contributed by atoms with Crippen LogP contribution in [0, 0.1) is 0 Å². The summed E-state index contributed by atoms with van der Waals surface area (Å²) in [5.74, 6) is -1.42. The molecule has 6 heteroatoms. The van der Waals surface area contributed by atoms with Gasteiger partial charge in [-0.05, 0) is 42.5 Å². The molecular formula is C14H9Cl2NO3. The number of aromatic carboxylic acids is 1. The second kappa shape index (κ2) is 5.94. The lowest BCUT2D eigenvalue weighted by molar-refractivity contribution is 0.0696. The molecule has 2 rings (SSSR count). The number of nitrogens with one attached hydrogen (secondary N) is 1.